The Hall–Kier alpha value is -4.09. The number of amides is 1. The molecule has 0 bridgehead atoms. The maximum absolute atomic E-state index is 10.5. The fourth-order valence-electron chi connectivity index (χ4n) is 3.11. The van der Waals surface area contributed by atoms with Crippen LogP contribution in [0.3, 0.4) is 0 Å². The first-order valence-corrected chi connectivity index (χ1v) is 10.5. The Kier molecular flexibility index (Phi) is 8.22. The summed E-state index contributed by atoms with van der Waals surface area (Å²) in [6, 6.07) is 26.0. The fraction of sp³-hybridized carbons (Fsp3) is 0.0370. The van der Waals surface area contributed by atoms with Crippen LogP contribution in [0.25, 0.3) is 16.8 Å². The van der Waals surface area contributed by atoms with Crippen LogP contribution in [-0.2, 0) is 0 Å². The van der Waals surface area contributed by atoms with Gasteiger partial charge < -0.3 is 21.0 Å². The highest BCUT2D eigenvalue weighted by atomic mass is 35.5. The van der Waals surface area contributed by atoms with Crippen molar-refractivity contribution in [1.82, 2.24) is 0 Å². The quantitative estimate of drug-likeness (QED) is 0.306. The zero-order valence-corrected chi connectivity index (χ0v) is 18.5. The average Bonchev–Trinajstić information content (AvgIpc) is 2.84. The Morgan fingerprint density at radius 2 is 1.58 bits per heavy atom. The molecule has 0 saturated heterocycles. The van der Waals surface area contributed by atoms with Gasteiger partial charge in [-0.05, 0) is 58.3 Å². The minimum atomic E-state index is -0.563. The Balaban J connectivity index is 0.000000235. The van der Waals surface area contributed by atoms with Gasteiger partial charge in [-0.1, -0.05) is 72.3 Å². The van der Waals surface area contributed by atoms with Gasteiger partial charge in [0.15, 0.2) is 0 Å². The van der Waals surface area contributed by atoms with E-state index < -0.39 is 5.91 Å². The van der Waals surface area contributed by atoms with Crippen molar-refractivity contribution >= 4 is 40.6 Å². The molecule has 0 saturated carbocycles. The van der Waals surface area contributed by atoms with Crippen molar-refractivity contribution < 1.29 is 14.6 Å². The predicted octanol–water partition coefficient (Wildman–Crippen LogP) is 6.07. The molecule has 0 radical (unpaired) electrons. The van der Waals surface area contributed by atoms with Gasteiger partial charge in [0.05, 0.1) is 5.02 Å². The first-order chi connectivity index (χ1) is 16.0. The minimum absolute atomic E-state index is 0.0586. The van der Waals surface area contributed by atoms with Gasteiger partial charge in [-0.15, -0.1) is 0 Å². The van der Waals surface area contributed by atoms with Crippen molar-refractivity contribution in [3.8, 4) is 11.5 Å². The number of para-hydroxylation sites is 1. The number of carbonyl (C=O) groups excluding carboxylic acids is 1. The molecule has 6 heteroatoms. The summed E-state index contributed by atoms with van der Waals surface area (Å²) in [5, 5.41) is 18.8. The number of fused-ring (bicyclic) bond motifs is 1. The van der Waals surface area contributed by atoms with Crippen LogP contribution in [0.1, 0.15) is 21.5 Å². The number of ether oxygens (including phenoxy) is 1. The summed E-state index contributed by atoms with van der Waals surface area (Å²) in [5.41, 5.74) is 7.31. The number of carbonyl (C=O) groups is 1. The SMILES string of the molecule is N=Cc1ccc(/C=C/COc2ccccc2)c2ccccc12.NC(=O)c1ccc(O)c(Cl)c1. The number of benzene rings is 4. The van der Waals surface area contributed by atoms with Crippen molar-refractivity contribution in [2.45, 2.75) is 0 Å². The van der Waals surface area contributed by atoms with E-state index >= 15 is 0 Å². The molecule has 1 amide bonds. The van der Waals surface area contributed by atoms with E-state index in [1.807, 2.05) is 66.7 Å². The number of rotatable bonds is 6. The largest absolute Gasteiger partial charge is 0.506 e. The number of halogens is 1. The highest BCUT2D eigenvalue weighted by Gasteiger charge is 2.03. The number of phenols is 1. The molecule has 4 aromatic rings. The van der Waals surface area contributed by atoms with Crippen LogP contribution in [0.4, 0.5) is 0 Å². The third-order valence-electron chi connectivity index (χ3n) is 4.77. The highest BCUT2D eigenvalue weighted by molar-refractivity contribution is 6.32. The number of aromatic hydroxyl groups is 1. The second-order valence-electron chi connectivity index (χ2n) is 6.99. The molecule has 0 aromatic heterocycles. The molecule has 33 heavy (non-hydrogen) atoms. The molecule has 0 atom stereocenters. The molecular weight excluding hydrogens is 436 g/mol. The lowest BCUT2D eigenvalue weighted by Crippen LogP contribution is -2.10. The minimum Gasteiger partial charge on any atom is -0.506 e. The van der Waals surface area contributed by atoms with Gasteiger partial charge >= 0.3 is 0 Å². The van der Waals surface area contributed by atoms with Gasteiger partial charge in [-0.2, -0.15) is 0 Å². The molecule has 0 aliphatic carbocycles. The number of nitrogens with one attached hydrogen (secondary N) is 1. The summed E-state index contributed by atoms with van der Waals surface area (Å²) in [5.74, 6) is 0.250. The van der Waals surface area contributed by atoms with E-state index in [4.69, 9.17) is 32.6 Å². The molecule has 4 N–H and O–H groups in total. The molecule has 5 nitrogen and oxygen atoms in total. The van der Waals surface area contributed by atoms with Crippen molar-refractivity contribution in [2.75, 3.05) is 6.61 Å². The van der Waals surface area contributed by atoms with E-state index in [9.17, 15) is 4.79 Å². The normalized spacial score (nSPS) is 10.5. The van der Waals surface area contributed by atoms with Crippen LogP contribution < -0.4 is 10.5 Å². The van der Waals surface area contributed by atoms with Gasteiger partial charge in [-0.25, -0.2) is 0 Å². The van der Waals surface area contributed by atoms with Crippen molar-refractivity contribution in [2.24, 2.45) is 5.73 Å². The second-order valence-corrected chi connectivity index (χ2v) is 7.40. The number of nitrogens with two attached hydrogens (primary N) is 1. The average molecular weight is 459 g/mol. The first kappa shape index (κ1) is 23.6. The third-order valence-corrected chi connectivity index (χ3v) is 5.07. The van der Waals surface area contributed by atoms with Gasteiger partial charge in [0, 0.05) is 11.8 Å². The van der Waals surface area contributed by atoms with Gasteiger partial charge in [-0.3, -0.25) is 4.79 Å². The van der Waals surface area contributed by atoms with Gasteiger partial charge in [0.2, 0.25) is 5.91 Å². The van der Waals surface area contributed by atoms with E-state index in [1.54, 1.807) is 0 Å². The zero-order valence-electron chi connectivity index (χ0n) is 17.7. The summed E-state index contributed by atoms with van der Waals surface area (Å²) in [4.78, 5) is 10.5. The lowest BCUT2D eigenvalue weighted by molar-refractivity contribution is 0.100. The van der Waals surface area contributed by atoms with E-state index in [0.717, 1.165) is 27.6 Å². The van der Waals surface area contributed by atoms with Gasteiger partial charge in [0.1, 0.15) is 18.1 Å². The Bertz CT molecular complexity index is 1290. The third kappa shape index (κ3) is 6.45. The maximum atomic E-state index is 10.5. The number of phenolic OH excluding ortho intramolecular Hbond substituents is 1. The molecule has 4 rings (SSSR count). The predicted molar refractivity (Wildman–Crippen MR) is 134 cm³/mol. The number of hydrogen-bond donors (Lipinski definition) is 3. The summed E-state index contributed by atoms with van der Waals surface area (Å²) in [6.45, 7) is 0.532. The Morgan fingerprint density at radius 1 is 0.939 bits per heavy atom. The Morgan fingerprint density at radius 3 is 2.21 bits per heavy atom. The monoisotopic (exact) mass is 458 g/mol. The van der Waals surface area contributed by atoms with Crippen LogP contribution in [0.15, 0.2) is 91.0 Å². The number of hydrogen-bond acceptors (Lipinski definition) is 4. The van der Waals surface area contributed by atoms with Crippen LogP contribution in [-0.4, -0.2) is 23.8 Å². The fourth-order valence-corrected chi connectivity index (χ4v) is 3.29. The summed E-state index contributed by atoms with van der Waals surface area (Å²) in [7, 11) is 0. The summed E-state index contributed by atoms with van der Waals surface area (Å²) in [6.07, 6.45) is 5.48. The zero-order chi connectivity index (χ0) is 23.6. The smallest absolute Gasteiger partial charge is 0.248 e. The lowest BCUT2D eigenvalue weighted by Gasteiger charge is -2.06. The summed E-state index contributed by atoms with van der Waals surface area (Å²) >= 11 is 5.50. The maximum Gasteiger partial charge on any atom is 0.248 e. The Labute approximate surface area is 197 Å². The standard InChI is InChI=1S/C20H17NO.C7H6ClNO2/c21-15-17-13-12-16(19-10-4-5-11-20(17)19)7-6-14-22-18-8-2-1-3-9-18;8-5-3-4(7(9)11)1-2-6(5)10/h1-13,15,21H,14H2;1-3,10H,(H2,9,11)/b7-6+,21-15?;. The highest BCUT2D eigenvalue weighted by Crippen LogP contribution is 2.24. The second kappa shape index (κ2) is 11.5. The first-order valence-electron chi connectivity index (χ1n) is 10.1. The lowest BCUT2D eigenvalue weighted by atomic mass is 10.00. The van der Waals surface area contributed by atoms with Crippen molar-refractivity contribution in [3.05, 3.63) is 113 Å². The topological polar surface area (TPSA) is 96.4 Å². The van der Waals surface area contributed by atoms with Crippen molar-refractivity contribution in [1.29, 1.82) is 5.41 Å². The molecular formula is C27H23ClN2O3. The van der Waals surface area contributed by atoms with E-state index in [0.29, 0.717) is 6.61 Å². The molecule has 0 unspecified atom stereocenters. The van der Waals surface area contributed by atoms with Crippen LogP contribution in [0, 0.1) is 5.41 Å². The molecule has 0 spiro atoms. The van der Waals surface area contributed by atoms with E-state index in [2.05, 4.69) is 12.1 Å². The van der Waals surface area contributed by atoms with Crippen LogP contribution >= 0.6 is 11.6 Å². The molecule has 0 aliphatic heterocycles. The number of primary amides is 1. The van der Waals surface area contributed by atoms with E-state index in [-0.39, 0.29) is 16.3 Å². The molecule has 0 heterocycles. The van der Waals surface area contributed by atoms with Crippen LogP contribution in [0.2, 0.25) is 5.02 Å². The molecule has 0 fully saturated rings. The van der Waals surface area contributed by atoms with Gasteiger partial charge in [0.25, 0.3) is 0 Å². The molecule has 4 aromatic carbocycles. The molecule has 166 valence electrons. The van der Waals surface area contributed by atoms with E-state index in [1.165, 1.54) is 24.4 Å². The van der Waals surface area contributed by atoms with Crippen molar-refractivity contribution in [3.63, 3.8) is 0 Å². The van der Waals surface area contributed by atoms with Crippen LogP contribution in [0.5, 0.6) is 11.5 Å². The molecule has 0 aliphatic rings. The summed E-state index contributed by atoms with van der Waals surface area (Å²) < 4.78 is 5.66.